The molecule has 0 bridgehead atoms. The standard InChI is InChI=1S/C27H24N4O/c32-25(16-15-21-9-3-1-4-10-21)30-17-19-31(20-18-30)27-24-14-8-7-13-23(24)26(28-29-27)22-11-5-2-6-12-22/h1-16H,17-20H2/b16-15+. The fourth-order valence-corrected chi connectivity index (χ4v) is 4.11. The molecule has 2 heterocycles. The van der Waals surface area contributed by atoms with Crippen LogP contribution in [0.25, 0.3) is 28.1 Å². The maximum Gasteiger partial charge on any atom is 0.246 e. The molecule has 5 nitrogen and oxygen atoms in total. The maximum absolute atomic E-state index is 12.6. The zero-order valence-corrected chi connectivity index (χ0v) is 17.8. The number of carbonyl (C=O) groups is 1. The van der Waals surface area contributed by atoms with Crippen LogP contribution in [0.3, 0.4) is 0 Å². The number of rotatable bonds is 4. The molecule has 4 aromatic rings. The van der Waals surface area contributed by atoms with Crippen molar-refractivity contribution in [3.8, 4) is 11.3 Å². The number of hydrogen-bond donors (Lipinski definition) is 0. The van der Waals surface area contributed by atoms with E-state index in [9.17, 15) is 4.79 Å². The minimum atomic E-state index is 0.0453. The third-order valence-corrected chi connectivity index (χ3v) is 5.82. The van der Waals surface area contributed by atoms with Crippen LogP contribution >= 0.6 is 0 Å². The molecule has 0 saturated carbocycles. The van der Waals surface area contributed by atoms with E-state index >= 15 is 0 Å². The molecule has 0 unspecified atom stereocenters. The lowest BCUT2D eigenvalue weighted by atomic mass is 10.0. The van der Waals surface area contributed by atoms with Crippen molar-refractivity contribution in [1.29, 1.82) is 0 Å². The highest BCUT2D eigenvalue weighted by Crippen LogP contribution is 2.31. The predicted octanol–water partition coefficient (Wildman–Crippen LogP) is 4.66. The molecule has 1 fully saturated rings. The first-order chi connectivity index (χ1) is 15.8. The Balaban J connectivity index is 1.33. The number of benzene rings is 3. The van der Waals surface area contributed by atoms with Gasteiger partial charge in [-0.05, 0) is 11.6 Å². The number of anilines is 1. The fraction of sp³-hybridized carbons (Fsp3) is 0.148. The van der Waals surface area contributed by atoms with Gasteiger partial charge in [-0.25, -0.2) is 0 Å². The van der Waals surface area contributed by atoms with Crippen molar-refractivity contribution in [2.75, 3.05) is 31.1 Å². The minimum absolute atomic E-state index is 0.0453. The molecule has 0 aliphatic carbocycles. The molecule has 0 radical (unpaired) electrons. The van der Waals surface area contributed by atoms with Gasteiger partial charge in [0.1, 0.15) is 5.69 Å². The summed E-state index contributed by atoms with van der Waals surface area (Å²) in [5.74, 6) is 0.927. The summed E-state index contributed by atoms with van der Waals surface area (Å²) in [6, 6.07) is 28.3. The Hall–Kier alpha value is -3.99. The van der Waals surface area contributed by atoms with Crippen LogP contribution in [0.2, 0.25) is 0 Å². The second-order valence-corrected chi connectivity index (χ2v) is 7.84. The minimum Gasteiger partial charge on any atom is -0.351 e. The van der Waals surface area contributed by atoms with Crippen LogP contribution in [0.15, 0.2) is 91.0 Å². The third kappa shape index (κ3) is 4.10. The van der Waals surface area contributed by atoms with Gasteiger partial charge < -0.3 is 9.80 Å². The van der Waals surface area contributed by atoms with Crippen LogP contribution in [0.4, 0.5) is 5.82 Å². The smallest absolute Gasteiger partial charge is 0.246 e. The van der Waals surface area contributed by atoms with E-state index in [4.69, 9.17) is 0 Å². The fourth-order valence-electron chi connectivity index (χ4n) is 4.11. The van der Waals surface area contributed by atoms with Gasteiger partial charge in [0.05, 0.1) is 0 Å². The molecule has 5 heteroatoms. The number of carbonyl (C=O) groups excluding carboxylic acids is 1. The number of fused-ring (bicyclic) bond motifs is 1. The second kappa shape index (κ2) is 9.02. The van der Waals surface area contributed by atoms with Crippen molar-refractivity contribution < 1.29 is 4.79 Å². The predicted molar refractivity (Wildman–Crippen MR) is 129 cm³/mol. The summed E-state index contributed by atoms with van der Waals surface area (Å²) >= 11 is 0. The Morgan fingerprint density at radius 1 is 0.719 bits per heavy atom. The average Bonchev–Trinajstić information content (AvgIpc) is 2.88. The van der Waals surface area contributed by atoms with Gasteiger partial charge in [-0.2, -0.15) is 0 Å². The highest BCUT2D eigenvalue weighted by Gasteiger charge is 2.23. The lowest BCUT2D eigenvalue weighted by Gasteiger charge is -2.35. The van der Waals surface area contributed by atoms with Crippen molar-refractivity contribution in [2.45, 2.75) is 0 Å². The van der Waals surface area contributed by atoms with E-state index in [0.29, 0.717) is 13.1 Å². The number of piperazine rings is 1. The molecule has 1 saturated heterocycles. The SMILES string of the molecule is O=C(/C=C/c1ccccc1)N1CCN(c2nnc(-c3ccccc3)c3ccccc23)CC1. The molecule has 0 N–H and O–H groups in total. The summed E-state index contributed by atoms with van der Waals surface area (Å²) in [5, 5.41) is 11.4. The Morgan fingerprint density at radius 3 is 2.06 bits per heavy atom. The summed E-state index contributed by atoms with van der Waals surface area (Å²) in [6.45, 7) is 2.78. The monoisotopic (exact) mass is 420 g/mol. The molecule has 5 rings (SSSR count). The maximum atomic E-state index is 12.6. The topological polar surface area (TPSA) is 49.3 Å². The highest BCUT2D eigenvalue weighted by atomic mass is 16.2. The first-order valence-electron chi connectivity index (χ1n) is 10.9. The number of hydrogen-bond acceptors (Lipinski definition) is 4. The molecule has 0 spiro atoms. The van der Waals surface area contributed by atoms with Gasteiger partial charge in [-0.1, -0.05) is 84.9 Å². The van der Waals surface area contributed by atoms with Crippen molar-refractivity contribution in [3.05, 3.63) is 96.6 Å². The third-order valence-electron chi connectivity index (χ3n) is 5.82. The van der Waals surface area contributed by atoms with E-state index in [1.807, 2.05) is 71.6 Å². The first kappa shape index (κ1) is 19.9. The van der Waals surface area contributed by atoms with Crippen molar-refractivity contribution in [3.63, 3.8) is 0 Å². The highest BCUT2D eigenvalue weighted by molar-refractivity contribution is 6.00. The number of aromatic nitrogens is 2. The molecule has 1 aliphatic heterocycles. The van der Waals surface area contributed by atoms with E-state index < -0.39 is 0 Å². The lowest BCUT2D eigenvalue weighted by molar-refractivity contribution is -0.126. The normalized spacial score (nSPS) is 14.2. The van der Waals surface area contributed by atoms with Gasteiger partial charge in [-0.15, -0.1) is 10.2 Å². The summed E-state index contributed by atoms with van der Waals surface area (Å²) in [5.41, 5.74) is 2.98. The van der Waals surface area contributed by atoms with E-state index in [1.54, 1.807) is 6.08 Å². The van der Waals surface area contributed by atoms with Crippen LogP contribution in [-0.2, 0) is 4.79 Å². The molecular weight excluding hydrogens is 396 g/mol. The van der Waals surface area contributed by atoms with Gasteiger partial charge in [0, 0.05) is 48.6 Å². The zero-order valence-electron chi connectivity index (χ0n) is 17.8. The molecule has 32 heavy (non-hydrogen) atoms. The van der Waals surface area contributed by atoms with Gasteiger partial charge in [-0.3, -0.25) is 4.79 Å². The molecule has 0 atom stereocenters. The van der Waals surface area contributed by atoms with Crippen molar-refractivity contribution >= 4 is 28.6 Å². The van der Waals surface area contributed by atoms with Crippen LogP contribution in [-0.4, -0.2) is 47.2 Å². The van der Waals surface area contributed by atoms with Gasteiger partial charge >= 0.3 is 0 Å². The largest absolute Gasteiger partial charge is 0.351 e. The molecule has 3 aromatic carbocycles. The molecule has 158 valence electrons. The van der Waals surface area contributed by atoms with Gasteiger partial charge in [0.2, 0.25) is 5.91 Å². The number of nitrogens with zero attached hydrogens (tertiary/aromatic N) is 4. The zero-order chi connectivity index (χ0) is 21.8. The molecular formula is C27H24N4O. The second-order valence-electron chi connectivity index (χ2n) is 7.84. The van der Waals surface area contributed by atoms with E-state index in [0.717, 1.165) is 46.5 Å². The van der Waals surface area contributed by atoms with Crippen LogP contribution in [0.5, 0.6) is 0 Å². The molecule has 1 amide bonds. The van der Waals surface area contributed by atoms with Crippen molar-refractivity contribution in [1.82, 2.24) is 15.1 Å². The summed E-state index contributed by atoms with van der Waals surface area (Å²) in [7, 11) is 0. The van der Waals surface area contributed by atoms with Crippen LogP contribution in [0.1, 0.15) is 5.56 Å². The van der Waals surface area contributed by atoms with E-state index in [2.05, 4.69) is 39.4 Å². The Kier molecular flexibility index (Phi) is 5.62. The Morgan fingerprint density at radius 2 is 1.34 bits per heavy atom. The summed E-state index contributed by atoms with van der Waals surface area (Å²) in [6.07, 6.45) is 3.53. The van der Waals surface area contributed by atoms with Gasteiger partial charge in [0.25, 0.3) is 0 Å². The Labute approximate surface area is 187 Å². The van der Waals surface area contributed by atoms with E-state index in [-0.39, 0.29) is 5.91 Å². The summed E-state index contributed by atoms with van der Waals surface area (Å²) < 4.78 is 0. The Bertz CT molecular complexity index is 1250. The first-order valence-corrected chi connectivity index (χ1v) is 10.9. The lowest BCUT2D eigenvalue weighted by Crippen LogP contribution is -2.48. The molecule has 1 aliphatic rings. The molecule has 1 aromatic heterocycles. The van der Waals surface area contributed by atoms with Crippen LogP contribution in [0, 0.1) is 0 Å². The van der Waals surface area contributed by atoms with E-state index in [1.165, 1.54) is 0 Å². The average molecular weight is 421 g/mol. The quantitative estimate of drug-likeness (QED) is 0.451. The van der Waals surface area contributed by atoms with Crippen molar-refractivity contribution in [2.24, 2.45) is 0 Å². The van der Waals surface area contributed by atoms with Crippen LogP contribution < -0.4 is 4.90 Å². The van der Waals surface area contributed by atoms with Gasteiger partial charge in [0.15, 0.2) is 5.82 Å². The summed E-state index contributed by atoms with van der Waals surface area (Å²) in [4.78, 5) is 16.7. The number of amides is 1.